The molecular formula is C5H12S3Sn. The average Bonchev–Trinajstić information content (AvgIpc) is 1.90. The second kappa shape index (κ2) is 4.67. The molecule has 1 aliphatic rings. The van der Waals surface area contributed by atoms with E-state index in [2.05, 4.69) is 31.5 Å². The molecule has 0 unspecified atom stereocenters. The van der Waals surface area contributed by atoms with Gasteiger partial charge in [0.15, 0.2) is 0 Å². The van der Waals surface area contributed by atoms with E-state index < -0.39 is 19.8 Å². The van der Waals surface area contributed by atoms with Crippen molar-refractivity contribution in [3.05, 3.63) is 0 Å². The van der Waals surface area contributed by atoms with E-state index in [9.17, 15) is 0 Å². The summed E-state index contributed by atoms with van der Waals surface area (Å²) >= 11 is -0.915. The summed E-state index contributed by atoms with van der Waals surface area (Å²) < 4.78 is 1.17. The Morgan fingerprint density at radius 3 is 2.11 bits per heavy atom. The van der Waals surface area contributed by atoms with Crippen molar-refractivity contribution in [2.75, 3.05) is 11.5 Å². The van der Waals surface area contributed by atoms with Crippen LogP contribution >= 0.6 is 31.4 Å². The molecule has 0 aliphatic carbocycles. The molecule has 0 spiro atoms. The zero-order valence-electron chi connectivity index (χ0n) is 5.79. The molecule has 0 N–H and O–H groups in total. The summed E-state index contributed by atoms with van der Waals surface area (Å²) in [6.07, 6.45) is 0. The Hall–Kier alpha value is 1.85. The minimum absolute atomic E-state index is 0.915. The zero-order chi connectivity index (χ0) is 6.69. The molecule has 0 aromatic rings. The van der Waals surface area contributed by atoms with Gasteiger partial charge in [-0.3, -0.25) is 0 Å². The Morgan fingerprint density at radius 1 is 1.22 bits per heavy atom. The summed E-state index contributed by atoms with van der Waals surface area (Å²) in [5, 5.41) is 0. The molecule has 54 valence electrons. The van der Waals surface area contributed by atoms with E-state index in [1.165, 1.54) is 15.4 Å². The summed E-state index contributed by atoms with van der Waals surface area (Å²) in [5.41, 5.74) is 0. The van der Waals surface area contributed by atoms with Crippen LogP contribution in [-0.2, 0) is 0 Å². The van der Waals surface area contributed by atoms with E-state index >= 15 is 0 Å². The van der Waals surface area contributed by atoms with Gasteiger partial charge in [0.1, 0.15) is 0 Å². The van der Waals surface area contributed by atoms with Gasteiger partial charge < -0.3 is 0 Å². The Kier molecular flexibility index (Phi) is 4.64. The van der Waals surface area contributed by atoms with Gasteiger partial charge >= 0.3 is 76.5 Å². The quantitative estimate of drug-likeness (QED) is 0.537. The molecule has 0 aromatic heterocycles. The van der Waals surface area contributed by atoms with E-state index in [1.807, 2.05) is 9.83 Å². The van der Waals surface area contributed by atoms with Gasteiger partial charge in [-0.2, -0.15) is 0 Å². The normalized spacial score (nSPS) is 23.0. The second-order valence-electron chi connectivity index (χ2n) is 2.64. The molecule has 0 saturated carbocycles. The van der Waals surface area contributed by atoms with Crippen LogP contribution in [0.15, 0.2) is 0 Å². The van der Waals surface area contributed by atoms with Gasteiger partial charge in [-0.1, -0.05) is 0 Å². The van der Waals surface area contributed by atoms with Crippen LogP contribution in [0.25, 0.3) is 0 Å². The van der Waals surface area contributed by atoms with Crippen molar-refractivity contribution in [3.8, 4) is 0 Å². The van der Waals surface area contributed by atoms with E-state index in [0.29, 0.717) is 0 Å². The van der Waals surface area contributed by atoms with Crippen LogP contribution in [0.1, 0.15) is 0 Å². The number of hydrogen-bond acceptors (Lipinski definition) is 3. The van der Waals surface area contributed by atoms with Crippen LogP contribution < -0.4 is 0 Å². The van der Waals surface area contributed by atoms with Crippen molar-refractivity contribution >= 4 is 51.2 Å². The Balaban J connectivity index is 2.23. The fraction of sp³-hybridized carbons (Fsp3) is 1.00. The second-order valence-corrected chi connectivity index (χ2v) is 16.8. The molecule has 0 nitrogen and oxygen atoms in total. The van der Waals surface area contributed by atoms with Crippen molar-refractivity contribution in [3.63, 3.8) is 0 Å². The van der Waals surface area contributed by atoms with Crippen LogP contribution in [0.2, 0.25) is 13.8 Å². The first-order valence-electron chi connectivity index (χ1n) is 3.22. The van der Waals surface area contributed by atoms with Gasteiger partial charge in [-0.15, -0.1) is 0 Å². The maximum absolute atomic E-state index is 2.53. The van der Waals surface area contributed by atoms with Crippen molar-refractivity contribution in [1.29, 1.82) is 0 Å². The molecule has 1 rings (SSSR count). The zero-order valence-corrected chi connectivity index (χ0v) is 11.5. The van der Waals surface area contributed by atoms with E-state index in [4.69, 9.17) is 0 Å². The monoisotopic (exact) mass is 288 g/mol. The Morgan fingerprint density at radius 2 is 1.78 bits per heavy atom. The molecule has 4 heteroatoms. The predicted molar refractivity (Wildman–Crippen MR) is 55.1 cm³/mol. The predicted octanol–water partition coefficient (Wildman–Crippen LogP) is 2.89. The van der Waals surface area contributed by atoms with Crippen molar-refractivity contribution in [1.82, 2.24) is 0 Å². The van der Waals surface area contributed by atoms with Crippen molar-refractivity contribution < 1.29 is 0 Å². The van der Waals surface area contributed by atoms with Crippen LogP contribution in [0.5, 0.6) is 0 Å². The first kappa shape index (κ1) is 8.94. The Bertz CT molecular complexity index is 80.3. The molecule has 1 heterocycles. The summed E-state index contributed by atoms with van der Waals surface area (Å²) in [6, 6.07) is 0. The molecule has 0 radical (unpaired) electrons. The van der Waals surface area contributed by atoms with Gasteiger partial charge in [0.2, 0.25) is 0 Å². The average molecular weight is 287 g/mol. The van der Waals surface area contributed by atoms with Crippen LogP contribution in [0.4, 0.5) is 0 Å². The van der Waals surface area contributed by atoms with Crippen LogP contribution in [0, 0.1) is 0 Å². The molecule has 0 bridgehead atoms. The molecule has 0 amide bonds. The molecule has 1 fully saturated rings. The SMILES string of the molecule is [CH3][SnH]([CH3])[CH]1CSSSC1. The fourth-order valence-electron chi connectivity index (χ4n) is 0.697. The minimum atomic E-state index is -0.915. The van der Waals surface area contributed by atoms with Gasteiger partial charge in [0, 0.05) is 0 Å². The van der Waals surface area contributed by atoms with Gasteiger partial charge in [0.05, 0.1) is 0 Å². The third-order valence-electron chi connectivity index (χ3n) is 1.60. The third-order valence-corrected chi connectivity index (χ3v) is 14.7. The molecule has 0 aromatic carbocycles. The summed E-state index contributed by atoms with van der Waals surface area (Å²) in [5.74, 6) is 2.90. The topological polar surface area (TPSA) is 0 Å². The van der Waals surface area contributed by atoms with Crippen LogP contribution in [-0.4, -0.2) is 31.3 Å². The maximum atomic E-state index is 2.53. The van der Waals surface area contributed by atoms with E-state index in [1.54, 1.807) is 0 Å². The van der Waals surface area contributed by atoms with Crippen LogP contribution in [0.3, 0.4) is 0 Å². The third kappa shape index (κ3) is 3.16. The standard InChI is InChI=1S/C3H5S3.2CH3.Sn.H/c1-2-4-6-5-3-1;;;;/h1H,2-3H2;2*1H3;;. The number of hydrogen-bond donors (Lipinski definition) is 0. The fourth-order valence-corrected chi connectivity index (χ4v) is 16.2. The Labute approximate surface area is 75.8 Å². The molecule has 1 saturated heterocycles. The summed E-state index contributed by atoms with van der Waals surface area (Å²) in [7, 11) is 6.11. The molecule has 9 heavy (non-hydrogen) atoms. The number of rotatable bonds is 1. The summed E-state index contributed by atoms with van der Waals surface area (Å²) in [4.78, 5) is 5.06. The van der Waals surface area contributed by atoms with E-state index in [-0.39, 0.29) is 0 Å². The van der Waals surface area contributed by atoms with Crippen molar-refractivity contribution in [2.45, 2.75) is 13.8 Å². The molecule has 1 aliphatic heterocycles. The molecule has 0 atom stereocenters. The van der Waals surface area contributed by atoms with Gasteiger partial charge in [-0.25, -0.2) is 0 Å². The molecular weight excluding hydrogens is 275 g/mol. The van der Waals surface area contributed by atoms with Crippen molar-refractivity contribution in [2.24, 2.45) is 0 Å². The van der Waals surface area contributed by atoms with Gasteiger partial charge in [0.25, 0.3) is 0 Å². The first-order chi connectivity index (χ1) is 4.30. The first-order valence-corrected chi connectivity index (χ1v) is 15.5. The summed E-state index contributed by atoms with van der Waals surface area (Å²) in [6.45, 7) is 0. The van der Waals surface area contributed by atoms with E-state index in [0.717, 1.165) is 0 Å². The van der Waals surface area contributed by atoms with Gasteiger partial charge in [-0.05, 0) is 0 Å².